The van der Waals surface area contributed by atoms with Crippen molar-refractivity contribution in [1.82, 2.24) is 0 Å². The molecule has 0 amide bonds. The average molecular weight is 639 g/mol. The van der Waals surface area contributed by atoms with Crippen molar-refractivity contribution >= 4 is 5.78 Å². The summed E-state index contributed by atoms with van der Waals surface area (Å²) in [6, 6.07) is 0. The van der Waals surface area contributed by atoms with Gasteiger partial charge < -0.3 is 42.6 Å². The van der Waals surface area contributed by atoms with Gasteiger partial charge in [-0.25, -0.2) is 0 Å². The standard InChI is InChI=1S/C35H58O10/c1-8-38-20-41-29-23(4)44-32(31(30(29)37-7)42-21-39-9-2)45-25-13-16-33(5)24(19-25)11-12-27-26(33)14-17-34(6)28(36)15-18-35(27,34)43-22-40-10-3/h15,18,23-27,29-32H,8-14,16-17,19-22H2,1-7H3/t23-,24-,25+,26+,27-,29-,30+,31-,32-,33+,34-,35+/m1/s1. The summed E-state index contributed by atoms with van der Waals surface area (Å²) in [6.07, 6.45) is 8.68. The molecule has 0 N–H and O–H groups in total. The highest BCUT2D eigenvalue weighted by atomic mass is 16.8. The molecular formula is C35H58O10. The van der Waals surface area contributed by atoms with Crippen molar-refractivity contribution in [2.24, 2.45) is 28.6 Å². The van der Waals surface area contributed by atoms with E-state index in [1.54, 1.807) is 13.2 Å². The number of ketones is 1. The third kappa shape index (κ3) is 6.57. The zero-order valence-corrected chi connectivity index (χ0v) is 28.6. The van der Waals surface area contributed by atoms with E-state index in [1.165, 1.54) is 0 Å². The zero-order valence-electron chi connectivity index (χ0n) is 28.6. The molecule has 4 fully saturated rings. The predicted octanol–water partition coefficient (Wildman–Crippen LogP) is 5.41. The normalized spacial score (nSPS) is 44.4. The van der Waals surface area contributed by atoms with E-state index in [-0.39, 0.29) is 55.8 Å². The van der Waals surface area contributed by atoms with Crippen molar-refractivity contribution in [2.75, 3.05) is 47.3 Å². The molecule has 3 saturated carbocycles. The molecule has 0 aromatic heterocycles. The third-order valence-electron chi connectivity index (χ3n) is 12.0. The Balaban J connectivity index is 1.29. The van der Waals surface area contributed by atoms with Crippen LogP contribution in [0.25, 0.3) is 0 Å². The Bertz CT molecular complexity index is 1010. The van der Waals surface area contributed by atoms with Crippen molar-refractivity contribution in [2.45, 2.75) is 129 Å². The number of hydrogen-bond donors (Lipinski definition) is 0. The third-order valence-corrected chi connectivity index (χ3v) is 12.0. The van der Waals surface area contributed by atoms with Crippen molar-refractivity contribution in [3.63, 3.8) is 0 Å². The second-order valence-corrected chi connectivity index (χ2v) is 14.0. The second kappa shape index (κ2) is 15.1. The zero-order chi connectivity index (χ0) is 32.2. The fourth-order valence-corrected chi connectivity index (χ4v) is 9.48. The van der Waals surface area contributed by atoms with E-state index >= 15 is 0 Å². The van der Waals surface area contributed by atoms with E-state index in [0.717, 1.165) is 44.9 Å². The molecule has 5 rings (SSSR count). The minimum atomic E-state index is -0.608. The van der Waals surface area contributed by atoms with Crippen LogP contribution in [0.5, 0.6) is 0 Å². The van der Waals surface area contributed by atoms with Crippen LogP contribution in [-0.4, -0.2) is 95.5 Å². The Labute approximate surface area is 270 Å². The van der Waals surface area contributed by atoms with Crippen LogP contribution in [0, 0.1) is 28.6 Å². The van der Waals surface area contributed by atoms with Crippen LogP contribution in [0.4, 0.5) is 0 Å². The van der Waals surface area contributed by atoms with Gasteiger partial charge in [-0.3, -0.25) is 4.79 Å². The molecule has 0 unspecified atom stereocenters. The maximum atomic E-state index is 13.2. The average Bonchev–Trinajstić information content (AvgIpc) is 3.29. The van der Waals surface area contributed by atoms with Gasteiger partial charge in [-0.05, 0) is 115 Å². The Kier molecular flexibility index (Phi) is 11.8. The lowest BCUT2D eigenvalue weighted by molar-refractivity contribution is -0.339. The molecule has 258 valence electrons. The van der Waals surface area contributed by atoms with E-state index in [0.29, 0.717) is 31.7 Å². The quantitative estimate of drug-likeness (QED) is 0.132. The summed E-state index contributed by atoms with van der Waals surface area (Å²) in [7, 11) is 1.67. The van der Waals surface area contributed by atoms with Gasteiger partial charge in [-0.15, -0.1) is 0 Å². The van der Waals surface area contributed by atoms with Crippen LogP contribution in [0.1, 0.15) is 86.5 Å². The van der Waals surface area contributed by atoms with E-state index in [9.17, 15) is 4.79 Å². The Morgan fingerprint density at radius 2 is 1.53 bits per heavy atom. The molecule has 45 heavy (non-hydrogen) atoms. The SMILES string of the molecule is CCOCO[C@H]1[C@@H](O[C@H]2CC[C@@]3(C)[C@H](CC[C@@H]4[C@@H]3CC[C@]3(C)C(=O)C=C[C@]43OCOCC)C2)O[C@H](C)[C@@H](OCOCC)[C@@H]1OC. The molecule has 0 bridgehead atoms. The molecule has 4 aliphatic carbocycles. The number of fused-ring (bicyclic) bond motifs is 5. The highest BCUT2D eigenvalue weighted by Gasteiger charge is 2.67. The molecule has 1 heterocycles. The number of ether oxygens (including phenoxy) is 9. The van der Waals surface area contributed by atoms with Gasteiger partial charge >= 0.3 is 0 Å². The van der Waals surface area contributed by atoms with Crippen LogP contribution in [-0.2, 0) is 47.4 Å². The van der Waals surface area contributed by atoms with Gasteiger partial charge in [0.25, 0.3) is 0 Å². The van der Waals surface area contributed by atoms with Crippen LogP contribution < -0.4 is 0 Å². The van der Waals surface area contributed by atoms with Gasteiger partial charge in [0.05, 0.1) is 17.6 Å². The van der Waals surface area contributed by atoms with Gasteiger partial charge in [0.15, 0.2) is 12.1 Å². The van der Waals surface area contributed by atoms with Gasteiger partial charge in [0.1, 0.15) is 44.3 Å². The fourth-order valence-electron chi connectivity index (χ4n) is 9.48. The molecule has 1 aliphatic heterocycles. The van der Waals surface area contributed by atoms with Gasteiger partial charge in [-0.1, -0.05) is 6.92 Å². The molecular weight excluding hydrogens is 580 g/mol. The van der Waals surface area contributed by atoms with E-state index < -0.39 is 29.5 Å². The lowest BCUT2D eigenvalue weighted by Crippen LogP contribution is -2.64. The molecule has 10 heteroatoms. The second-order valence-electron chi connectivity index (χ2n) is 14.0. The van der Waals surface area contributed by atoms with Crippen LogP contribution in [0.15, 0.2) is 12.2 Å². The van der Waals surface area contributed by atoms with Crippen molar-refractivity contribution < 1.29 is 47.4 Å². The largest absolute Gasteiger partial charge is 0.376 e. The Morgan fingerprint density at radius 1 is 0.844 bits per heavy atom. The first-order valence-electron chi connectivity index (χ1n) is 17.4. The fraction of sp³-hybridized carbons (Fsp3) is 0.914. The number of allylic oxidation sites excluding steroid dienone is 1. The van der Waals surface area contributed by atoms with Crippen LogP contribution in [0.2, 0.25) is 0 Å². The van der Waals surface area contributed by atoms with Gasteiger partial charge in [-0.2, -0.15) is 0 Å². The summed E-state index contributed by atoms with van der Waals surface area (Å²) >= 11 is 0. The van der Waals surface area contributed by atoms with E-state index in [4.69, 9.17) is 42.6 Å². The summed E-state index contributed by atoms with van der Waals surface area (Å²) in [4.78, 5) is 13.2. The minimum Gasteiger partial charge on any atom is -0.376 e. The van der Waals surface area contributed by atoms with Crippen molar-refractivity contribution in [1.29, 1.82) is 0 Å². The van der Waals surface area contributed by atoms with Crippen molar-refractivity contribution in [3.8, 4) is 0 Å². The first kappa shape index (κ1) is 35.4. The first-order valence-corrected chi connectivity index (χ1v) is 17.4. The maximum absolute atomic E-state index is 13.2. The van der Waals surface area contributed by atoms with Crippen LogP contribution >= 0.6 is 0 Å². The maximum Gasteiger partial charge on any atom is 0.187 e. The molecule has 10 nitrogen and oxygen atoms in total. The summed E-state index contributed by atoms with van der Waals surface area (Å²) in [5.41, 5.74) is -0.983. The van der Waals surface area contributed by atoms with Gasteiger partial charge in [0.2, 0.25) is 0 Å². The minimum absolute atomic E-state index is 0.0402. The van der Waals surface area contributed by atoms with E-state index in [2.05, 4.69) is 19.9 Å². The molecule has 0 aromatic carbocycles. The molecule has 1 saturated heterocycles. The number of carbonyl (C=O) groups excluding carboxylic acids is 1. The predicted molar refractivity (Wildman–Crippen MR) is 166 cm³/mol. The lowest BCUT2D eigenvalue weighted by Gasteiger charge is -2.63. The highest BCUT2D eigenvalue weighted by Crippen LogP contribution is 2.67. The lowest BCUT2D eigenvalue weighted by atomic mass is 9.44. The Hall–Kier alpha value is -0.950. The highest BCUT2D eigenvalue weighted by molar-refractivity contribution is 5.99. The summed E-state index contributed by atoms with van der Waals surface area (Å²) < 4.78 is 54.7. The number of methoxy groups -OCH3 is 1. The van der Waals surface area contributed by atoms with Crippen LogP contribution in [0.3, 0.4) is 0 Å². The monoisotopic (exact) mass is 638 g/mol. The summed E-state index contributed by atoms with van der Waals surface area (Å²) in [5, 5.41) is 0. The topological polar surface area (TPSA) is 100 Å². The molecule has 0 aromatic rings. The molecule has 0 radical (unpaired) electrons. The smallest absolute Gasteiger partial charge is 0.187 e. The molecule has 12 atom stereocenters. The summed E-state index contributed by atoms with van der Waals surface area (Å²) in [5.74, 6) is 1.46. The molecule has 0 spiro atoms. The van der Waals surface area contributed by atoms with Gasteiger partial charge in [0, 0.05) is 26.9 Å². The number of hydrogen-bond acceptors (Lipinski definition) is 10. The van der Waals surface area contributed by atoms with Crippen molar-refractivity contribution in [3.05, 3.63) is 12.2 Å². The number of rotatable bonds is 15. The molecule has 5 aliphatic rings. The van der Waals surface area contributed by atoms with E-state index in [1.807, 2.05) is 27.7 Å². The first-order chi connectivity index (χ1) is 21.7. The number of carbonyl (C=O) groups is 1. The Morgan fingerprint density at radius 3 is 2.22 bits per heavy atom. The summed E-state index contributed by atoms with van der Waals surface area (Å²) in [6.45, 7) is 14.6.